The van der Waals surface area contributed by atoms with Crippen LogP contribution in [0, 0.1) is 0 Å². The van der Waals surface area contributed by atoms with Gasteiger partial charge in [-0.2, -0.15) is 0 Å². The Labute approximate surface area is 184 Å². The summed E-state index contributed by atoms with van der Waals surface area (Å²) in [5.74, 6) is 0.955. The van der Waals surface area contributed by atoms with Crippen LogP contribution in [-0.4, -0.2) is 62.2 Å². The molecule has 0 amide bonds. The zero-order valence-corrected chi connectivity index (χ0v) is 18.2. The summed E-state index contributed by atoms with van der Waals surface area (Å²) in [5.41, 5.74) is 2.58. The third-order valence-electron chi connectivity index (χ3n) is 6.93. The van der Waals surface area contributed by atoms with Gasteiger partial charge in [-0.25, -0.2) is 4.68 Å². The molecule has 0 radical (unpaired) electrons. The molecule has 1 aliphatic heterocycles. The van der Waals surface area contributed by atoms with E-state index in [1.807, 2.05) is 4.68 Å². The lowest BCUT2D eigenvalue weighted by molar-refractivity contribution is 0.0770. The largest absolute Gasteiger partial charge is 0.298 e. The van der Waals surface area contributed by atoms with E-state index in [-0.39, 0.29) is 6.04 Å². The zero-order chi connectivity index (χ0) is 20.9. The van der Waals surface area contributed by atoms with Crippen molar-refractivity contribution in [3.8, 4) is 0 Å². The average Bonchev–Trinajstić information content (AvgIpc) is 3.53. The maximum Gasteiger partial charge on any atom is 0.173 e. The molecule has 0 bridgehead atoms. The molecule has 1 saturated heterocycles. The van der Waals surface area contributed by atoms with Crippen LogP contribution in [-0.2, 0) is 13.0 Å². The van der Waals surface area contributed by atoms with Crippen molar-refractivity contribution in [2.75, 3.05) is 26.2 Å². The van der Waals surface area contributed by atoms with Crippen LogP contribution in [0.1, 0.15) is 48.7 Å². The monoisotopic (exact) mass is 416 g/mol. The Bertz CT molecular complexity index is 927. The average molecular weight is 417 g/mol. The third-order valence-corrected chi connectivity index (χ3v) is 6.93. The first-order valence-electron chi connectivity index (χ1n) is 11.7. The minimum atomic E-state index is 0.0951. The van der Waals surface area contributed by atoms with Crippen LogP contribution in [0.5, 0.6) is 0 Å². The van der Waals surface area contributed by atoms with E-state index in [1.165, 1.54) is 36.8 Å². The molecule has 6 heteroatoms. The van der Waals surface area contributed by atoms with E-state index in [0.717, 1.165) is 51.0 Å². The summed E-state index contributed by atoms with van der Waals surface area (Å²) >= 11 is 0. The number of hydrogen-bond donors (Lipinski definition) is 0. The highest BCUT2D eigenvalue weighted by Gasteiger charge is 2.32. The summed E-state index contributed by atoms with van der Waals surface area (Å²) in [7, 11) is 0. The van der Waals surface area contributed by atoms with Gasteiger partial charge in [-0.3, -0.25) is 9.80 Å². The maximum atomic E-state index is 4.52. The first kappa shape index (κ1) is 20.3. The molecule has 1 atom stereocenters. The first-order chi connectivity index (χ1) is 15.4. The Morgan fingerprint density at radius 1 is 0.839 bits per heavy atom. The number of hydrogen-bond acceptors (Lipinski definition) is 5. The van der Waals surface area contributed by atoms with Crippen molar-refractivity contribution >= 4 is 0 Å². The highest BCUT2D eigenvalue weighted by atomic mass is 15.6. The molecular formula is C25H32N6. The predicted octanol–water partition coefficient (Wildman–Crippen LogP) is 3.57. The van der Waals surface area contributed by atoms with Crippen LogP contribution < -0.4 is 0 Å². The molecule has 2 fully saturated rings. The van der Waals surface area contributed by atoms with E-state index >= 15 is 0 Å². The third kappa shape index (κ3) is 4.70. The number of aryl methyl sites for hydroxylation is 2. The van der Waals surface area contributed by atoms with Crippen molar-refractivity contribution in [1.82, 2.24) is 30.0 Å². The minimum absolute atomic E-state index is 0.0951. The van der Waals surface area contributed by atoms with Crippen molar-refractivity contribution in [1.29, 1.82) is 0 Å². The van der Waals surface area contributed by atoms with Crippen LogP contribution in [0.25, 0.3) is 0 Å². The highest BCUT2D eigenvalue weighted by Crippen LogP contribution is 2.30. The number of tetrazole rings is 1. The second-order valence-electron chi connectivity index (χ2n) is 8.82. The van der Waals surface area contributed by atoms with Gasteiger partial charge in [0.15, 0.2) is 5.82 Å². The van der Waals surface area contributed by atoms with E-state index in [9.17, 15) is 0 Å². The summed E-state index contributed by atoms with van der Waals surface area (Å²) < 4.78 is 2.01. The molecular weight excluding hydrogens is 384 g/mol. The van der Waals surface area contributed by atoms with Crippen LogP contribution in [0.4, 0.5) is 0 Å². The molecule has 31 heavy (non-hydrogen) atoms. The number of rotatable bonds is 7. The molecule has 3 aromatic rings. The second kappa shape index (κ2) is 9.71. The quantitative estimate of drug-likeness (QED) is 0.589. The Hall–Kier alpha value is -2.57. The standard InChI is InChI=1S/C25H32N6/c1-3-9-21(10-4-1)15-16-31-25(26-27-28-31)24(22-11-5-2-6-12-22)30-19-17-29(18-20-30)23-13-7-8-14-23/h1-6,9-12,23-24H,7-8,13-20H2/t24-/m1/s1. The van der Waals surface area contributed by atoms with Gasteiger partial charge in [0.1, 0.15) is 0 Å². The lowest BCUT2D eigenvalue weighted by Gasteiger charge is -2.41. The summed E-state index contributed by atoms with van der Waals surface area (Å²) in [4.78, 5) is 5.29. The van der Waals surface area contributed by atoms with Crippen LogP contribution in [0.2, 0.25) is 0 Å². The number of aromatic nitrogens is 4. The van der Waals surface area contributed by atoms with Crippen LogP contribution >= 0.6 is 0 Å². The molecule has 0 unspecified atom stereocenters. The molecule has 2 heterocycles. The van der Waals surface area contributed by atoms with E-state index in [1.54, 1.807) is 0 Å². The molecule has 162 valence electrons. The van der Waals surface area contributed by atoms with Gasteiger partial charge in [-0.1, -0.05) is 73.5 Å². The predicted molar refractivity (Wildman–Crippen MR) is 122 cm³/mol. The lowest BCUT2D eigenvalue weighted by atomic mass is 10.0. The van der Waals surface area contributed by atoms with E-state index in [4.69, 9.17) is 0 Å². The van der Waals surface area contributed by atoms with Gasteiger partial charge in [-0.05, 0) is 40.8 Å². The van der Waals surface area contributed by atoms with E-state index in [0.29, 0.717) is 0 Å². The van der Waals surface area contributed by atoms with Gasteiger partial charge in [0.05, 0.1) is 6.04 Å². The molecule has 0 N–H and O–H groups in total. The fourth-order valence-corrected chi connectivity index (χ4v) is 5.24. The molecule has 1 aliphatic carbocycles. The van der Waals surface area contributed by atoms with Gasteiger partial charge in [0, 0.05) is 38.8 Å². The second-order valence-corrected chi connectivity index (χ2v) is 8.82. The van der Waals surface area contributed by atoms with Crippen molar-refractivity contribution < 1.29 is 0 Å². The zero-order valence-electron chi connectivity index (χ0n) is 18.2. The Kier molecular flexibility index (Phi) is 6.37. The minimum Gasteiger partial charge on any atom is -0.298 e. The van der Waals surface area contributed by atoms with Gasteiger partial charge < -0.3 is 0 Å². The smallest absolute Gasteiger partial charge is 0.173 e. The lowest BCUT2D eigenvalue weighted by Crippen LogP contribution is -2.51. The van der Waals surface area contributed by atoms with Crippen molar-refractivity contribution in [3.05, 3.63) is 77.6 Å². The molecule has 2 aliphatic rings. The Morgan fingerprint density at radius 3 is 2.23 bits per heavy atom. The number of nitrogens with zero attached hydrogens (tertiary/aromatic N) is 6. The molecule has 1 aromatic heterocycles. The normalized spacial score (nSPS) is 19.6. The topological polar surface area (TPSA) is 50.1 Å². The maximum absolute atomic E-state index is 4.52. The summed E-state index contributed by atoms with van der Waals surface area (Å²) in [6, 6.07) is 22.2. The van der Waals surface area contributed by atoms with Gasteiger partial charge >= 0.3 is 0 Å². The Balaban J connectivity index is 1.35. The highest BCUT2D eigenvalue weighted by molar-refractivity contribution is 5.25. The van der Waals surface area contributed by atoms with Crippen LogP contribution in [0.3, 0.4) is 0 Å². The van der Waals surface area contributed by atoms with Gasteiger partial charge in [0.25, 0.3) is 0 Å². The first-order valence-corrected chi connectivity index (χ1v) is 11.7. The molecule has 1 saturated carbocycles. The number of benzene rings is 2. The van der Waals surface area contributed by atoms with Gasteiger partial charge in [-0.15, -0.1) is 5.10 Å². The Morgan fingerprint density at radius 2 is 1.52 bits per heavy atom. The van der Waals surface area contributed by atoms with Crippen molar-refractivity contribution in [2.45, 2.75) is 50.7 Å². The molecule has 5 rings (SSSR count). The SMILES string of the molecule is c1ccc(CCn2nnnc2[C@@H](c2ccccc2)N2CCN(C3CCCC3)CC2)cc1. The van der Waals surface area contributed by atoms with Crippen molar-refractivity contribution in [3.63, 3.8) is 0 Å². The number of piperazine rings is 1. The van der Waals surface area contributed by atoms with Crippen molar-refractivity contribution in [2.24, 2.45) is 0 Å². The fraction of sp³-hybridized carbons (Fsp3) is 0.480. The van der Waals surface area contributed by atoms with Crippen LogP contribution in [0.15, 0.2) is 60.7 Å². The summed E-state index contributed by atoms with van der Waals surface area (Å²) in [5, 5.41) is 13.0. The van der Waals surface area contributed by atoms with E-state index in [2.05, 4.69) is 86.0 Å². The fourth-order valence-electron chi connectivity index (χ4n) is 5.24. The molecule has 2 aromatic carbocycles. The summed E-state index contributed by atoms with van der Waals surface area (Å²) in [6.45, 7) is 5.18. The molecule has 0 spiro atoms. The molecule has 6 nitrogen and oxygen atoms in total. The summed E-state index contributed by atoms with van der Waals surface area (Å²) in [6.07, 6.45) is 6.47. The van der Waals surface area contributed by atoms with Gasteiger partial charge in [0.2, 0.25) is 0 Å². The van der Waals surface area contributed by atoms with E-state index < -0.39 is 0 Å².